The molecule has 0 aliphatic heterocycles. The minimum Gasteiger partial charge on any atom is -0.462 e. The van der Waals surface area contributed by atoms with Crippen LogP contribution in [-0.2, 0) is 28.6 Å². The van der Waals surface area contributed by atoms with Crippen LogP contribution in [0, 0.1) is 0 Å². The Morgan fingerprint density at radius 1 is 0.290 bits per heavy atom. The molecule has 0 spiro atoms. The van der Waals surface area contributed by atoms with E-state index >= 15 is 0 Å². The minimum atomic E-state index is -0.804. The van der Waals surface area contributed by atoms with Crippen molar-refractivity contribution < 1.29 is 28.6 Å². The maximum absolute atomic E-state index is 12.9. The van der Waals surface area contributed by atoms with Crippen molar-refractivity contribution in [3.05, 3.63) is 109 Å². The predicted octanol–water partition coefficient (Wildman–Crippen LogP) is 19.1. The third-order valence-corrected chi connectivity index (χ3v) is 11.9. The van der Waals surface area contributed by atoms with Gasteiger partial charge < -0.3 is 14.2 Å². The Morgan fingerprint density at radius 2 is 0.565 bits per heavy atom. The summed E-state index contributed by atoms with van der Waals surface area (Å²) in [4.78, 5) is 38.2. The summed E-state index contributed by atoms with van der Waals surface area (Å²) in [6, 6.07) is 0. The summed E-state index contributed by atoms with van der Waals surface area (Å²) in [6.07, 6.45) is 76.3. The van der Waals surface area contributed by atoms with Crippen molar-refractivity contribution in [2.75, 3.05) is 13.2 Å². The van der Waals surface area contributed by atoms with Crippen molar-refractivity contribution >= 4 is 17.9 Å². The topological polar surface area (TPSA) is 78.9 Å². The van der Waals surface area contributed by atoms with E-state index in [-0.39, 0.29) is 31.1 Å². The zero-order valence-corrected chi connectivity index (χ0v) is 44.8. The Kier molecular flexibility index (Phi) is 53.4. The average Bonchev–Trinajstić information content (AvgIpc) is 3.35. The molecule has 0 fully saturated rings. The molecule has 6 heteroatoms. The van der Waals surface area contributed by atoms with Gasteiger partial charge >= 0.3 is 17.9 Å². The van der Waals surface area contributed by atoms with E-state index in [1.165, 1.54) is 103 Å². The monoisotopic (exact) mass is 957 g/mol. The van der Waals surface area contributed by atoms with Gasteiger partial charge in [-0.15, -0.1) is 0 Å². The van der Waals surface area contributed by atoms with Crippen molar-refractivity contribution in [1.82, 2.24) is 0 Å². The van der Waals surface area contributed by atoms with Crippen molar-refractivity contribution in [3.63, 3.8) is 0 Å². The van der Waals surface area contributed by atoms with Gasteiger partial charge in [-0.3, -0.25) is 14.4 Å². The van der Waals surface area contributed by atoms with Crippen LogP contribution < -0.4 is 0 Å². The molecule has 69 heavy (non-hydrogen) atoms. The molecule has 0 aromatic rings. The summed E-state index contributed by atoms with van der Waals surface area (Å²) >= 11 is 0. The van der Waals surface area contributed by atoms with Gasteiger partial charge in [0.05, 0.1) is 0 Å². The number of carbonyl (C=O) groups is 3. The summed E-state index contributed by atoms with van der Waals surface area (Å²) in [5.74, 6) is -0.948. The SMILES string of the molecule is CCC\C=C/C=C\C=C/C=C\C=C/CCCCCCCC(=O)OCC(COC(=O)CCCCCCCCC/C=C\CCCCCC)OC(=O)CCCCCCC\C=C/C=C\C=C/CCCCCCC. The van der Waals surface area contributed by atoms with Crippen LogP contribution in [0.2, 0.25) is 0 Å². The van der Waals surface area contributed by atoms with Crippen LogP contribution in [0.4, 0.5) is 0 Å². The smallest absolute Gasteiger partial charge is 0.306 e. The van der Waals surface area contributed by atoms with Gasteiger partial charge in [0, 0.05) is 19.3 Å². The highest BCUT2D eigenvalue weighted by Crippen LogP contribution is 2.14. The molecule has 0 aromatic heterocycles. The Hall–Kier alpha value is -3.93. The fraction of sp³-hybridized carbons (Fsp3) is 0.667. The lowest BCUT2D eigenvalue weighted by molar-refractivity contribution is -0.167. The lowest BCUT2D eigenvalue weighted by atomic mass is 10.1. The van der Waals surface area contributed by atoms with Crippen LogP contribution >= 0.6 is 0 Å². The van der Waals surface area contributed by atoms with E-state index in [2.05, 4.69) is 106 Å². The Labute approximate surface area is 425 Å². The van der Waals surface area contributed by atoms with Gasteiger partial charge in [0.1, 0.15) is 13.2 Å². The molecule has 392 valence electrons. The second-order valence-corrected chi connectivity index (χ2v) is 18.7. The number of ether oxygens (including phenoxy) is 3. The van der Waals surface area contributed by atoms with Crippen LogP contribution in [0.3, 0.4) is 0 Å². The molecule has 6 nitrogen and oxygen atoms in total. The fourth-order valence-electron chi connectivity index (χ4n) is 7.59. The molecule has 0 rings (SSSR count). The van der Waals surface area contributed by atoms with Gasteiger partial charge in [-0.25, -0.2) is 0 Å². The van der Waals surface area contributed by atoms with Crippen LogP contribution in [0.5, 0.6) is 0 Å². The molecule has 0 aliphatic rings. The molecule has 0 saturated heterocycles. The lowest BCUT2D eigenvalue weighted by Gasteiger charge is -2.18. The van der Waals surface area contributed by atoms with E-state index < -0.39 is 6.10 Å². The molecule has 0 N–H and O–H groups in total. The number of unbranched alkanes of at least 4 members (excludes halogenated alkanes) is 27. The molecule has 0 radical (unpaired) electrons. The third kappa shape index (κ3) is 54.9. The standard InChI is InChI=1S/C63H104O6/c1-4-7-10-13-16-19-22-25-28-30-32-35-38-41-44-47-50-53-56-62(65)68-59-60(58-67-61(64)55-52-49-46-43-40-37-34-27-24-21-18-15-12-9-6-3)69-63(66)57-54-51-48-45-42-39-36-33-31-29-26-23-20-17-14-11-8-5-2/h10,13,16,19,21-26,28-33,35-36,60H,4-9,11-12,14-15,17-18,20,27,34,37-59H2,1-3H3/b13-10-,19-16-,24-21-,25-22-,26-23-,30-28-,31-29-,35-32-,36-33-. The van der Waals surface area contributed by atoms with Crippen molar-refractivity contribution in [2.45, 2.75) is 258 Å². The molecule has 0 saturated carbocycles. The first-order valence-corrected chi connectivity index (χ1v) is 28.5. The van der Waals surface area contributed by atoms with Crippen LogP contribution in [-0.4, -0.2) is 37.2 Å². The van der Waals surface area contributed by atoms with E-state index in [0.29, 0.717) is 19.3 Å². The molecular weight excluding hydrogens is 853 g/mol. The number of allylic oxidation sites excluding steroid dienone is 18. The molecule has 0 bridgehead atoms. The fourth-order valence-corrected chi connectivity index (χ4v) is 7.59. The third-order valence-electron chi connectivity index (χ3n) is 11.9. The second-order valence-electron chi connectivity index (χ2n) is 18.7. The quantitative estimate of drug-likeness (QED) is 0.0199. The van der Waals surface area contributed by atoms with Crippen molar-refractivity contribution in [1.29, 1.82) is 0 Å². The van der Waals surface area contributed by atoms with Gasteiger partial charge in [0.2, 0.25) is 0 Å². The van der Waals surface area contributed by atoms with Gasteiger partial charge in [0.25, 0.3) is 0 Å². The Balaban J connectivity index is 4.51. The molecular formula is C63H104O6. The highest BCUT2D eigenvalue weighted by Gasteiger charge is 2.19. The maximum atomic E-state index is 12.9. The maximum Gasteiger partial charge on any atom is 0.306 e. The van der Waals surface area contributed by atoms with E-state index in [0.717, 1.165) is 109 Å². The zero-order valence-electron chi connectivity index (χ0n) is 44.8. The number of carbonyl (C=O) groups excluding carboxylic acids is 3. The zero-order chi connectivity index (χ0) is 50.0. The summed E-state index contributed by atoms with van der Waals surface area (Å²) < 4.78 is 16.8. The normalized spacial score (nSPS) is 12.9. The molecule has 0 amide bonds. The first-order chi connectivity index (χ1) is 34.0. The Morgan fingerprint density at radius 3 is 0.928 bits per heavy atom. The molecule has 0 heterocycles. The first kappa shape index (κ1) is 65.1. The van der Waals surface area contributed by atoms with E-state index in [1.54, 1.807) is 0 Å². The van der Waals surface area contributed by atoms with Gasteiger partial charge in [-0.1, -0.05) is 252 Å². The number of hydrogen-bond acceptors (Lipinski definition) is 6. The summed E-state index contributed by atoms with van der Waals surface area (Å²) in [5, 5.41) is 0. The molecule has 0 aromatic carbocycles. The summed E-state index contributed by atoms with van der Waals surface area (Å²) in [5.41, 5.74) is 0. The number of hydrogen-bond donors (Lipinski definition) is 0. The summed E-state index contributed by atoms with van der Waals surface area (Å²) in [6.45, 7) is 6.48. The minimum absolute atomic E-state index is 0.0988. The van der Waals surface area contributed by atoms with Gasteiger partial charge in [0.15, 0.2) is 6.10 Å². The van der Waals surface area contributed by atoms with Crippen molar-refractivity contribution in [3.8, 4) is 0 Å². The second kappa shape index (κ2) is 56.7. The van der Waals surface area contributed by atoms with Crippen LogP contribution in [0.1, 0.15) is 252 Å². The number of esters is 3. The van der Waals surface area contributed by atoms with E-state index in [9.17, 15) is 14.4 Å². The van der Waals surface area contributed by atoms with Crippen LogP contribution in [0.25, 0.3) is 0 Å². The molecule has 1 atom stereocenters. The predicted molar refractivity (Wildman–Crippen MR) is 297 cm³/mol. The van der Waals surface area contributed by atoms with E-state index in [4.69, 9.17) is 14.2 Å². The van der Waals surface area contributed by atoms with Crippen LogP contribution in [0.15, 0.2) is 109 Å². The van der Waals surface area contributed by atoms with Gasteiger partial charge in [-0.2, -0.15) is 0 Å². The highest BCUT2D eigenvalue weighted by atomic mass is 16.6. The first-order valence-electron chi connectivity index (χ1n) is 28.5. The lowest BCUT2D eigenvalue weighted by Crippen LogP contribution is -2.30. The Bertz CT molecular complexity index is 1420. The largest absolute Gasteiger partial charge is 0.462 e. The highest BCUT2D eigenvalue weighted by molar-refractivity contribution is 5.71. The molecule has 1 unspecified atom stereocenters. The van der Waals surface area contributed by atoms with Gasteiger partial charge in [-0.05, 0) is 89.9 Å². The van der Waals surface area contributed by atoms with E-state index in [1.807, 2.05) is 24.3 Å². The molecule has 0 aliphatic carbocycles. The summed E-state index contributed by atoms with van der Waals surface area (Å²) in [7, 11) is 0. The average molecular weight is 958 g/mol. The van der Waals surface area contributed by atoms with Crippen molar-refractivity contribution in [2.24, 2.45) is 0 Å². The number of rotatable bonds is 50.